The van der Waals surface area contributed by atoms with E-state index in [-0.39, 0.29) is 31.6 Å². The normalized spacial score (nSPS) is 55.4. The largest absolute Gasteiger partial charge is 0.427 e. The average Bonchev–Trinajstić information content (AvgIpc) is 3.00. The molecule has 0 aromatic heterocycles. The van der Waals surface area contributed by atoms with Crippen LogP contribution in [-0.2, 0) is 23.7 Å². The van der Waals surface area contributed by atoms with Gasteiger partial charge in [-0.1, -0.05) is 0 Å². The molecular weight excluding hydrogens is 592 g/mol. The molecule has 20 atom stereocenters. The van der Waals surface area contributed by atoms with Crippen LogP contribution in [0.25, 0.3) is 0 Å². The highest BCUT2D eigenvalue weighted by molar-refractivity contribution is 5.00. The van der Waals surface area contributed by atoms with Crippen LogP contribution in [0.5, 0.6) is 0 Å². The number of ether oxygens (including phenoxy) is 6. The van der Waals surface area contributed by atoms with Gasteiger partial charge >= 0.3 is 0 Å². The molecule has 256 valence electrons. The Balaban J connectivity index is 1.40. The van der Waals surface area contributed by atoms with Crippen molar-refractivity contribution in [3.8, 4) is 0 Å². The van der Waals surface area contributed by atoms with Crippen molar-refractivity contribution in [1.82, 2.24) is 0 Å². The molecule has 16 heteroatoms. The van der Waals surface area contributed by atoms with Gasteiger partial charge in [-0.2, -0.15) is 0 Å². The van der Waals surface area contributed by atoms with Crippen molar-refractivity contribution in [2.45, 2.75) is 149 Å². The van der Waals surface area contributed by atoms with E-state index >= 15 is 0 Å². The maximum absolute atomic E-state index is 10.8. The van der Waals surface area contributed by atoms with Gasteiger partial charge in [-0.25, -0.2) is 0 Å². The van der Waals surface area contributed by atoms with Gasteiger partial charge in [-0.3, -0.25) is 0 Å². The Morgan fingerprint density at radius 1 is 0.659 bits per heavy atom. The standard InChI is InChI=1S/C28H48O16/c1-9-19(32)22(35)24(37)27(40-9)43-17-7-12-14(41-26(17)10-3-13(31)20(33)16(4-10)39-2)5-11(30)6-15(12)42-28-25(38)23(36)21(34)18(8-29)44-28/h9-38H,3-8H2,1-2H3/p+1. The molecule has 5 rings (SSSR count). The van der Waals surface area contributed by atoms with Crippen molar-refractivity contribution >= 4 is 0 Å². The number of aliphatic hydroxyl groups excluding tert-OH is 10. The number of hydrogen-bond acceptors (Lipinski definition) is 15. The van der Waals surface area contributed by atoms with Crippen molar-refractivity contribution in [3.63, 3.8) is 0 Å². The second-order valence-corrected chi connectivity index (χ2v) is 13.0. The second kappa shape index (κ2) is 14.2. The van der Waals surface area contributed by atoms with E-state index in [4.69, 9.17) is 28.4 Å². The highest BCUT2D eigenvalue weighted by Crippen LogP contribution is 2.44. The third-order valence-electron chi connectivity index (χ3n) is 10.2. The van der Waals surface area contributed by atoms with Gasteiger partial charge in [0.1, 0.15) is 54.9 Å². The van der Waals surface area contributed by atoms with E-state index in [2.05, 4.69) is 0 Å². The third kappa shape index (κ3) is 6.82. The summed E-state index contributed by atoms with van der Waals surface area (Å²) in [4.78, 5) is 0. The lowest BCUT2D eigenvalue weighted by molar-refractivity contribution is -0.366. The quantitative estimate of drug-likeness (QED) is 0.117. The second-order valence-electron chi connectivity index (χ2n) is 13.0. The predicted octanol–water partition coefficient (Wildman–Crippen LogP) is -5.03. The summed E-state index contributed by atoms with van der Waals surface area (Å²) in [5.41, 5.74) is 0. The Hall–Kier alpha value is -0.640. The van der Waals surface area contributed by atoms with Gasteiger partial charge in [0.05, 0.1) is 43.0 Å². The van der Waals surface area contributed by atoms with Crippen molar-refractivity contribution < 1.29 is 79.5 Å². The molecule has 0 aromatic carbocycles. The van der Waals surface area contributed by atoms with Crippen LogP contribution in [0.2, 0.25) is 0 Å². The van der Waals surface area contributed by atoms with Gasteiger partial charge < -0.3 is 79.5 Å². The Morgan fingerprint density at radius 3 is 1.95 bits per heavy atom. The molecule has 0 amide bonds. The average molecular weight is 642 g/mol. The Labute approximate surface area is 254 Å². The first-order chi connectivity index (χ1) is 20.8. The summed E-state index contributed by atoms with van der Waals surface area (Å²) in [6.07, 6.45) is -19.4. The van der Waals surface area contributed by atoms with E-state index in [9.17, 15) is 51.1 Å². The molecular formula is C28H49O16+. The lowest BCUT2D eigenvalue weighted by atomic mass is 9.72. The summed E-state index contributed by atoms with van der Waals surface area (Å²) < 4.78 is 34.2. The lowest BCUT2D eigenvalue weighted by Crippen LogP contribution is -2.64. The zero-order chi connectivity index (χ0) is 32.0. The van der Waals surface area contributed by atoms with E-state index in [0.29, 0.717) is 6.42 Å². The maximum atomic E-state index is 10.8. The fourth-order valence-electron chi connectivity index (χ4n) is 7.56. The van der Waals surface area contributed by atoms with Crippen LogP contribution in [0.15, 0.2) is 0 Å². The molecule has 3 saturated heterocycles. The van der Waals surface area contributed by atoms with Gasteiger partial charge in [0.15, 0.2) is 24.8 Å². The smallest absolute Gasteiger partial charge is 0.187 e. The SMILES string of the molecule is COC1CC(C2[OH+]C3CC(O)CC(OC4OC(CO)C(O)C(O)C4O)C3CC2OC2OC(C)C(O)C(O)C2O)CC(O)C1O. The number of hydrogen-bond donors (Lipinski definition) is 10. The van der Waals surface area contributed by atoms with Gasteiger partial charge in [-0.05, 0) is 26.2 Å². The summed E-state index contributed by atoms with van der Waals surface area (Å²) in [5.74, 6) is -0.778. The van der Waals surface area contributed by atoms with Crippen molar-refractivity contribution in [2.75, 3.05) is 13.7 Å². The van der Waals surface area contributed by atoms with Gasteiger partial charge in [0.25, 0.3) is 0 Å². The van der Waals surface area contributed by atoms with E-state index in [1.807, 2.05) is 0 Å². The Kier molecular flexibility index (Phi) is 11.2. The third-order valence-corrected chi connectivity index (χ3v) is 10.2. The summed E-state index contributed by atoms with van der Waals surface area (Å²) in [5, 5.41) is 104. The van der Waals surface area contributed by atoms with E-state index < -0.39 is 123 Å². The molecule has 5 fully saturated rings. The zero-order valence-corrected chi connectivity index (χ0v) is 24.8. The molecule has 0 bridgehead atoms. The molecule has 11 N–H and O–H groups in total. The summed E-state index contributed by atoms with van der Waals surface area (Å²) >= 11 is 0. The highest BCUT2D eigenvalue weighted by Gasteiger charge is 2.57. The minimum Gasteiger partial charge on any atom is -0.427 e. The Bertz CT molecular complexity index is 928. The minimum atomic E-state index is -1.65. The Morgan fingerprint density at radius 2 is 1.30 bits per heavy atom. The first-order valence-electron chi connectivity index (χ1n) is 15.4. The van der Waals surface area contributed by atoms with Crippen molar-refractivity contribution in [1.29, 1.82) is 0 Å². The maximum Gasteiger partial charge on any atom is 0.187 e. The summed E-state index contributed by atoms with van der Waals surface area (Å²) in [6.45, 7) is 0.897. The van der Waals surface area contributed by atoms with Crippen LogP contribution >= 0.6 is 0 Å². The number of methoxy groups -OCH3 is 1. The molecule has 20 unspecified atom stereocenters. The zero-order valence-electron chi connectivity index (χ0n) is 24.8. The van der Waals surface area contributed by atoms with E-state index in [0.717, 1.165) is 0 Å². The van der Waals surface area contributed by atoms with Crippen molar-refractivity contribution in [2.24, 2.45) is 11.8 Å². The first kappa shape index (κ1) is 34.7. The molecule has 3 heterocycles. The minimum absolute atomic E-state index is 0.119. The van der Waals surface area contributed by atoms with Crippen LogP contribution in [-0.4, -0.2) is 180 Å². The predicted molar refractivity (Wildman–Crippen MR) is 145 cm³/mol. The topological polar surface area (TPSA) is 261 Å². The number of aliphatic hydroxyl groups is 12. The number of fused-ring (bicyclic) bond motifs is 1. The van der Waals surface area contributed by atoms with Crippen LogP contribution in [0, 0.1) is 11.8 Å². The summed E-state index contributed by atoms with van der Waals surface area (Å²) in [6, 6.07) is 0. The lowest BCUT2D eigenvalue weighted by Gasteiger charge is -2.50. The number of rotatable bonds is 7. The van der Waals surface area contributed by atoms with Crippen LogP contribution in [0.3, 0.4) is 0 Å². The summed E-state index contributed by atoms with van der Waals surface area (Å²) in [7, 11) is 1.43. The molecule has 16 nitrogen and oxygen atoms in total. The fourth-order valence-corrected chi connectivity index (χ4v) is 7.56. The molecule has 0 spiro atoms. The van der Waals surface area contributed by atoms with Crippen LogP contribution in [0.1, 0.15) is 39.0 Å². The van der Waals surface area contributed by atoms with Crippen LogP contribution < -0.4 is 0 Å². The van der Waals surface area contributed by atoms with Gasteiger partial charge in [0, 0.05) is 25.9 Å². The molecule has 5 aliphatic rings. The molecule has 2 saturated carbocycles. The van der Waals surface area contributed by atoms with E-state index in [1.165, 1.54) is 14.0 Å². The molecule has 3 aliphatic heterocycles. The van der Waals surface area contributed by atoms with Crippen molar-refractivity contribution in [3.05, 3.63) is 0 Å². The van der Waals surface area contributed by atoms with E-state index in [1.54, 1.807) is 0 Å². The molecule has 0 aromatic rings. The molecule has 44 heavy (non-hydrogen) atoms. The van der Waals surface area contributed by atoms with Gasteiger partial charge in [0.2, 0.25) is 0 Å². The monoisotopic (exact) mass is 641 g/mol. The highest BCUT2D eigenvalue weighted by atomic mass is 16.7. The molecule has 2 aliphatic carbocycles. The first-order valence-corrected chi connectivity index (χ1v) is 15.4. The molecule has 0 radical (unpaired) electrons. The van der Waals surface area contributed by atoms with Crippen LogP contribution in [0.4, 0.5) is 0 Å². The fraction of sp³-hybridized carbons (Fsp3) is 1.00. The van der Waals surface area contributed by atoms with Gasteiger partial charge in [-0.15, -0.1) is 0 Å².